The summed E-state index contributed by atoms with van der Waals surface area (Å²) >= 11 is 6.08. The number of carbonyl (C=O) groups excluding carboxylic acids is 1. The first kappa shape index (κ1) is 17.9. The number of methoxy groups -OCH3 is 1. The number of nitrogens with one attached hydrogen (secondary N) is 1. The summed E-state index contributed by atoms with van der Waals surface area (Å²) in [7, 11) is 1.57. The van der Waals surface area contributed by atoms with Gasteiger partial charge < -0.3 is 15.0 Å². The molecule has 0 aliphatic carbocycles. The summed E-state index contributed by atoms with van der Waals surface area (Å²) in [5.74, 6) is 0.602. The van der Waals surface area contributed by atoms with E-state index < -0.39 is 0 Å². The van der Waals surface area contributed by atoms with Gasteiger partial charge in [0.1, 0.15) is 5.75 Å². The summed E-state index contributed by atoms with van der Waals surface area (Å²) in [5, 5.41) is 3.39. The summed E-state index contributed by atoms with van der Waals surface area (Å²) in [5.41, 5.74) is 0.686. The number of urea groups is 1. The Labute approximate surface area is 143 Å². The van der Waals surface area contributed by atoms with Gasteiger partial charge in [0, 0.05) is 31.9 Å². The van der Waals surface area contributed by atoms with E-state index in [9.17, 15) is 4.79 Å². The lowest BCUT2D eigenvalue weighted by Crippen LogP contribution is -2.50. The maximum atomic E-state index is 12.3. The van der Waals surface area contributed by atoms with Crippen LogP contribution < -0.4 is 10.1 Å². The highest BCUT2D eigenvalue weighted by Crippen LogP contribution is 2.27. The van der Waals surface area contributed by atoms with Crippen LogP contribution in [-0.2, 0) is 0 Å². The topological polar surface area (TPSA) is 44.8 Å². The standard InChI is InChI=1S/C17H26ClN3O2/c1-3-4-5-8-20-9-11-21(12-10-20)17(22)19-14-6-7-16(23-2)15(18)13-14/h6-7,13H,3-5,8-12H2,1-2H3,(H,19,22). The lowest BCUT2D eigenvalue weighted by Gasteiger charge is -2.34. The molecule has 1 aromatic carbocycles. The predicted molar refractivity (Wildman–Crippen MR) is 94.6 cm³/mol. The molecule has 1 fully saturated rings. The van der Waals surface area contributed by atoms with Gasteiger partial charge in [-0.1, -0.05) is 31.4 Å². The SMILES string of the molecule is CCCCCN1CCN(C(=O)Nc2ccc(OC)c(Cl)c2)CC1. The van der Waals surface area contributed by atoms with Crippen LogP contribution in [0.4, 0.5) is 10.5 Å². The van der Waals surface area contributed by atoms with E-state index in [-0.39, 0.29) is 6.03 Å². The molecule has 23 heavy (non-hydrogen) atoms. The second-order valence-corrected chi connectivity index (χ2v) is 6.22. The van der Waals surface area contributed by atoms with Gasteiger partial charge >= 0.3 is 6.03 Å². The van der Waals surface area contributed by atoms with E-state index in [4.69, 9.17) is 16.3 Å². The van der Waals surface area contributed by atoms with E-state index in [2.05, 4.69) is 17.1 Å². The number of ether oxygens (including phenoxy) is 1. The monoisotopic (exact) mass is 339 g/mol. The van der Waals surface area contributed by atoms with Crippen LogP contribution in [0.5, 0.6) is 5.75 Å². The van der Waals surface area contributed by atoms with Crippen molar-refractivity contribution in [2.24, 2.45) is 0 Å². The van der Waals surface area contributed by atoms with Crippen LogP contribution in [0, 0.1) is 0 Å². The number of nitrogens with zero attached hydrogens (tertiary/aromatic N) is 2. The normalized spacial score (nSPS) is 15.5. The Hall–Kier alpha value is -1.46. The van der Waals surface area contributed by atoms with Gasteiger partial charge in [-0.3, -0.25) is 4.90 Å². The van der Waals surface area contributed by atoms with Crippen molar-refractivity contribution < 1.29 is 9.53 Å². The van der Waals surface area contributed by atoms with Gasteiger partial charge in [0.2, 0.25) is 0 Å². The van der Waals surface area contributed by atoms with Gasteiger partial charge in [-0.25, -0.2) is 4.79 Å². The molecular weight excluding hydrogens is 314 g/mol. The number of rotatable bonds is 6. The lowest BCUT2D eigenvalue weighted by atomic mass is 10.2. The van der Waals surface area contributed by atoms with Gasteiger partial charge in [0.15, 0.2) is 0 Å². The summed E-state index contributed by atoms with van der Waals surface area (Å²) in [6.45, 7) is 6.77. The zero-order valence-electron chi connectivity index (χ0n) is 14.0. The Bertz CT molecular complexity index is 517. The van der Waals surface area contributed by atoms with Crippen LogP contribution in [0.15, 0.2) is 18.2 Å². The summed E-state index contributed by atoms with van der Waals surface area (Å²) in [6, 6.07) is 5.19. The molecule has 1 N–H and O–H groups in total. The summed E-state index contributed by atoms with van der Waals surface area (Å²) < 4.78 is 5.11. The lowest BCUT2D eigenvalue weighted by molar-refractivity contribution is 0.146. The third-order valence-electron chi connectivity index (χ3n) is 4.14. The molecular formula is C17H26ClN3O2. The fourth-order valence-corrected chi connectivity index (χ4v) is 2.96. The average Bonchev–Trinajstić information content (AvgIpc) is 2.56. The second-order valence-electron chi connectivity index (χ2n) is 5.82. The van der Waals surface area contributed by atoms with E-state index in [1.807, 2.05) is 4.90 Å². The molecule has 1 aliphatic rings. The fraction of sp³-hybridized carbons (Fsp3) is 0.588. The Morgan fingerprint density at radius 1 is 1.26 bits per heavy atom. The smallest absolute Gasteiger partial charge is 0.321 e. The van der Waals surface area contributed by atoms with Gasteiger partial charge in [0.25, 0.3) is 0 Å². The van der Waals surface area contributed by atoms with E-state index in [0.717, 1.165) is 32.7 Å². The summed E-state index contributed by atoms with van der Waals surface area (Å²) in [6.07, 6.45) is 3.76. The molecule has 1 heterocycles. The Balaban J connectivity index is 1.80. The third kappa shape index (κ3) is 5.29. The van der Waals surface area contributed by atoms with Crippen LogP contribution in [0.1, 0.15) is 26.2 Å². The predicted octanol–water partition coefficient (Wildman–Crippen LogP) is 3.69. The third-order valence-corrected chi connectivity index (χ3v) is 4.44. The highest BCUT2D eigenvalue weighted by Gasteiger charge is 2.20. The van der Waals surface area contributed by atoms with Crippen LogP contribution >= 0.6 is 11.6 Å². The molecule has 2 amide bonds. The van der Waals surface area contributed by atoms with Crippen molar-refractivity contribution in [1.29, 1.82) is 0 Å². The Morgan fingerprint density at radius 3 is 2.61 bits per heavy atom. The van der Waals surface area contributed by atoms with E-state index in [1.54, 1.807) is 25.3 Å². The molecule has 0 atom stereocenters. The highest BCUT2D eigenvalue weighted by atomic mass is 35.5. The quantitative estimate of drug-likeness (QED) is 0.804. The minimum absolute atomic E-state index is 0.0700. The molecule has 0 aromatic heterocycles. The number of amides is 2. The van der Waals surface area contributed by atoms with Crippen molar-refractivity contribution in [3.63, 3.8) is 0 Å². The molecule has 6 heteroatoms. The summed E-state index contributed by atoms with van der Waals surface area (Å²) in [4.78, 5) is 16.6. The van der Waals surface area contributed by atoms with Gasteiger partial charge in [0.05, 0.1) is 12.1 Å². The Morgan fingerprint density at radius 2 is 2.00 bits per heavy atom. The van der Waals surface area contributed by atoms with E-state index in [0.29, 0.717) is 16.5 Å². The van der Waals surface area contributed by atoms with Crippen LogP contribution in [0.3, 0.4) is 0 Å². The molecule has 0 bridgehead atoms. The molecule has 1 aromatic rings. The molecule has 0 saturated carbocycles. The molecule has 0 spiro atoms. The van der Waals surface area contributed by atoms with Crippen LogP contribution in [-0.4, -0.2) is 55.7 Å². The molecule has 1 saturated heterocycles. The van der Waals surface area contributed by atoms with Gasteiger partial charge in [-0.05, 0) is 31.2 Å². The number of carbonyl (C=O) groups is 1. The maximum absolute atomic E-state index is 12.3. The number of piperazine rings is 1. The van der Waals surface area contributed by atoms with Gasteiger partial charge in [-0.2, -0.15) is 0 Å². The average molecular weight is 340 g/mol. The number of hydrogen-bond acceptors (Lipinski definition) is 3. The number of benzene rings is 1. The van der Waals surface area contributed by atoms with Crippen molar-refractivity contribution in [1.82, 2.24) is 9.80 Å². The largest absolute Gasteiger partial charge is 0.495 e. The minimum atomic E-state index is -0.0700. The molecule has 5 nitrogen and oxygen atoms in total. The first-order chi connectivity index (χ1) is 11.1. The first-order valence-electron chi connectivity index (χ1n) is 8.26. The molecule has 0 radical (unpaired) electrons. The number of unbranched alkanes of at least 4 members (excludes halogenated alkanes) is 2. The van der Waals surface area contributed by atoms with Crippen molar-refractivity contribution in [2.75, 3.05) is 45.2 Å². The molecule has 2 rings (SSSR count). The zero-order valence-corrected chi connectivity index (χ0v) is 14.7. The van der Waals surface area contributed by atoms with Crippen LogP contribution in [0.2, 0.25) is 5.02 Å². The number of hydrogen-bond donors (Lipinski definition) is 1. The van der Waals surface area contributed by atoms with E-state index >= 15 is 0 Å². The zero-order chi connectivity index (χ0) is 16.7. The van der Waals surface area contributed by atoms with Crippen molar-refractivity contribution in [3.05, 3.63) is 23.2 Å². The van der Waals surface area contributed by atoms with Crippen LogP contribution in [0.25, 0.3) is 0 Å². The maximum Gasteiger partial charge on any atom is 0.321 e. The number of halogens is 1. The van der Waals surface area contributed by atoms with Crippen molar-refractivity contribution in [3.8, 4) is 5.75 Å². The van der Waals surface area contributed by atoms with Crippen molar-refractivity contribution in [2.45, 2.75) is 26.2 Å². The second kappa shape index (κ2) is 8.99. The van der Waals surface area contributed by atoms with E-state index in [1.165, 1.54) is 19.3 Å². The molecule has 1 aliphatic heterocycles. The molecule has 0 unspecified atom stereocenters. The Kier molecular flexibility index (Phi) is 6.99. The fourth-order valence-electron chi connectivity index (χ4n) is 2.71. The number of anilines is 1. The molecule has 128 valence electrons. The minimum Gasteiger partial charge on any atom is -0.495 e. The van der Waals surface area contributed by atoms with Crippen molar-refractivity contribution >= 4 is 23.3 Å². The first-order valence-corrected chi connectivity index (χ1v) is 8.63. The highest BCUT2D eigenvalue weighted by molar-refractivity contribution is 6.32. The van der Waals surface area contributed by atoms with Gasteiger partial charge in [-0.15, -0.1) is 0 Å².